The maximum atomic E-state index is 12.8. The average Bonchev–Trinajstić information content (AvgIpc) is 2.56. The highest BCUT2D eigenvalue weighted by Crippen LogP contribution is 2.47. The van der Waals surface area contributed by atoms with E-state index in [1.165, 1.54) is 11.7 Å². The first kappa shape index (κ1) is 17.1. The number of rotatable bonds is 2. The van der Waals surface area contributed by atoms with Gasteiger partial charge in [-0.05, 0) is 51.1 Å². The normalized spacial score (nSPS) is 23.9. The first-order valence-corrected chi connectivity index (χ1v) is 7.93. The van der Waals surface area contributed by atoms with E-state index in [1.54, 1.807) is 57.3 Å². The van der Waals surface area contributed by atoms with Gasteiger partial charge in [-0.2, -0.15) is 5.26 Å². The van der Waals surface area contributed by atoms with Crippen LogP contribution >= 0.6 is 0 Å². The lowest BCUT2D eigenvalue weighted by Gasteiger charge is -2.49. The summed E-state index contributed by atoms with van der Waals surface area (Å²) >= 11 is 0. The van der Waals surface area contributed by atoms with E-state index in [2.05, 4.69) is 6.07 Å². The monoisotopic (exact) mass is 340 g/mol. The molecule has 0 bridgehead atoms. The number of hydrogen-bond acceptors (Lipinski definition) is 5. The van der Waals surface area contributed by atoms with Gasteiger partial charge in [0.05, 0.1) is 24.8 Å². The maximum Gasteiger partial charge on any atom is 0.293 e. The number of methoxy groups -OCH3 is 1. The zero-order valence-corrected chi connectivity index (χ0v) is 14.6. The smallest absolute Gasteiger partial charge is 0.293 e. The zero-order chi connectivity index (χ0) is 18.4. The summed E-state index contributed by atoms with van der Waals surface area (Å²) in [4.78, 5) is 12.8. The number of hydrogen-bond donors (Lipinski definition) is 1. The molecule has 2 aromatic rings. The third-order valence-electron chi connectivity index (χ3n) is 4.99. The number of fused-ring (bicyclic) bond motifs is 1. The Kier molecular flexibility index (Phi) is 3.85. The zero-order valence-electron chi connectivity index (χ0n) is 14.6. The van der Waals surface area contributed by atoms with Crippen LogP contribution in [-0.2, 0) is 0 Å². The summed E-state index contributed by atoms with van der Waals surface area (Å²) in [7, 11) is 1.43. The van der Waals surface area contributed by atoms with Gasteiger partial charge in [0.15, 0.2) is 5.75 Å². The van der Waals surface area contributed by atoms with Crippen LogP contribution in [0.1, 0.15) is 37.9 Å². The van der Waals surface area contributed by atoms with Gasteiger partial charge in [-0.25, -0.2) is 0 Å². The molecule has 25 heavy (non-hydrogen) atoms. The van der Waals surface area contributed by atoms with Gasteiger partial charge in [0.2, 0.25) is 0 Å². The third-order valence-corrected chi connectivity index (χ3v) is 4.99. The van der Waals surface area contributed by atoms with Crippen LogP contribution in [0.2, 0.25) is 0 Å². The second-order valence-electron chi connectivity index (χ2n) is 6.82. The molecule has 2 unspecified atom stereocenters. The van der Waals surface area contributed by atoms with Crippen molar-refractivity contribution in [2.45, 2.75) is 38.0 Å². The summed E-state index contributed by atoms with van der Waals surface area (Å²) in [5.74, 6) is 0.718. The molecule has 1 aromatic carbocycles. The number of nitriles is 1. The van der Waals surface area contributed by atoms with Gasteiger partial charge in [0.25, 0.3) is 5.56 Å². The Morgan fingerprint density at radius 3 is 2.68 bits per heavy atom. The van der Waals surface area contributed by atoms with E-state index < -0.39 is 17.2 Å². The summed E-state index contributed by atoms with van der Waals surface area (Å²) in [6, 6.07) is 9.61. The second kappa shape index (κ2) is 5.64. The van der Waals surface area contributed by atoms with Crippen LogP contribution in [0, 0.1) is 11.3 Å². The van der Waals surface area contributed by atoms with E-state index in [0.717, 1.165) is 0 Å². The molecule has 0 aliphatic carbocycles. The molecular formula is C19H20N2O4. The van der Waals surface area contributed by atoms with Crippen LogP contribution in [0.5, 0.6) is 11.5 Å². The molecule has 0 amide bonds. The molecule has 1 N–H and O–H groups in total. The van der Waals surface area contributed by atoms with E-state index >= 15 is 0 Å². The van der Waals surface area contributed by atoms with Crippen LogP contribution in [-0.4, -0.2) is 28.0 Å². The minimum atomic E-state index is -1.41. The van der Waals surface area contributed by atoms with Crippen LogP contribution in [0.3, 0.4) is 0 Å². The predicted octanol–water partition coefficient (Wildman–Crippen LogP) is 2.24. The summed E-state index contributed by atoms with van der Waals surface area (Å²) in [5.41, 5.74) is -1.72. The highest BCUT2D eigenvalue weighted by molar-refractivity contribution is 5.48. The second-order valence-corrected chi connectivity index (χ2v) is 6.82. The van der Waals surface area contributed by atoms with Gasteiger partial charge in [-0.3, -0.25) is 4.79 Å². The predicted molar refractivity (Wildman–Crippen MR) is 91.9 cm³/mol. The topological polar surface area (TPSA) is 84.5 Å². The van der Waals surface area contributed by atoms with Crippen molar-refractivity contribution in [3.8, 4) is 17.6 Å². The largest absolute Gasteiger partial charge is 0.491 e. The van der Waals surface area contributed by atoms with E-state index in [1.807, 2.05) is 0 Å². The van der Waals surface area contributed by atoms with Crippen molar-refractivity contribution in [1.29, 1.82) is 5.26 Å². The molecule has 0 saturated heterocycles. The minimum Gasteiger partial charge on any atom is -0.491 e. The average molecular weight is 340 g/mol. The Labute approximate surface area is 145 Å². The number of nitrogens with zero attached hydrogens (tertiary/aromatic N) is 2. The number of pyridine rings is 1. The fraction of sp³-hybridized carbons (Fsp3) is 0.368. The maximum absolute atomic E-state index is 12.8. The number of ether oxygens (including phenoxy) is 2. The quantitative estimate of drug-likeness (QED) is 0.906. The standard InChI is InChI=1S/C19H20N2O4/c1-18(2)19(3,23)16(21-9-5-6-15(24-4)17(21)22)13-10-12(11-20)7-8-14(13)25-18/h5-10,16,23H,1-4H3. The molecule has 1 aromatic heterocycles. The minimum absolute atomic E-state index is 0.181. The van der Waals surface area contributed by atoms with Gasteiger partial charge in [0, 0.05) is 11.8 Å². The van der Waals surface area contributed by atoms with Crippen molar-refractivity contribution >= 4 is 0 Å². The lowest BCUT2D eigenvalue weighted by Crippen LogP contribution is -2.60. The Bertz CT molecular complexity index is 922. The SMILES string of the molecule is COc1cccn(C2c3cc(C#N)ccc3OC(C)(C)C2(C)O)c1=O. The van der Waals surface area contributed by atoms with Crippen LogP contribution < -0.4 is 15.0 Å². The Morgan fingerprint density at radius 2 is 2.04 bits per heavy atom. The van der Waals surface area contributed by atoms with E-state index in [4.69, 9.17) is 9.47 Å². The summed E-state index contributed by atoms with van der Waals surface area (Å²) < 4.78 is 12.5. The number of aromatic nitrogens is 1. The van der Waals surface area contributed by atoms with E-state index in [9.17, 15) is 15.2 Å². The molecule has 0 spiro atoms. The molecule has 1 aliphatic heterocycles. The number of benzene rings is 1. The molecule has 3 rings (SSSR count). The van der Waals surface area contributed by atoms with E-state index in [-0.39, 0.29) is 11.3 Å². The molecule has 0 radical (unpaired) electrons. The molecule has 6 heteroatoms. The van der Waals surface area contributed by atoms with Crippen molar-refractivity contribution in [2.75, 3.05) is 7.11 Å². The van der Waals surface area contributed by atoms with Crippen molar-refractivity contribution in [1.82, 2.24) is 4.57 Å². The lowest BCUT2D eigenvalue weighted by atomic mass is 9.75. The summed E-state index contributed by atoms with van der Waals surface area (Å²) in [5, 5.41) is 20.5. The van der Waals surface area contributed by atoms with Crippen molar-refractivity contribution < 1.29 is 14.6 Å². The van der Waals surface area contributed by atoms with Crippen LogP contribution in [0.15, 0.2) is 41.3 Å². The first-order valence-electron chi connectivity index (χ1n) is 7.93. The lowest BCUT2D eigenvalue weighted by molar-refractivity contribution is -0.139. The summed E-state index contributed by atoms with van der Waals surface area (Å²) in [6.45, 7) is 5.17. The highest BCUT2D eigenvalue weighted by Gasteiger charge is 2.53. The third kappa shape index (κ3) is 2.48. The Balaban J connectivity index is 2.34. The fourth-order valence-corrected chi connectivity index (χ4v) is 3.20. The van der Waals surface area contributed by atoms with Gasteiger partial charge in [-0.1, -0.05) is 0 Å². The van der Waals surface area contributed by atoms with Gasteiger partial charge < -0.3 is 19.1 Å². The van der Waals surface area contributed by atoms with Crippen molar-refractivity contribution in [3.63, 3.8) is 0 Å². The van der Waals surface area contributed by atoms with Crippen LogP contribution in [0.4, 0.5) is 0 Å². The molecule has 6 nitrogen and oxygen atoms in total. The molecule has 130 valence electrons. The van der Waals surface area contributed by atoms with Gasteiger partial charge in [0.1, 0.15) is 17.0 Å². The van der Waals surface area contributed by atoms with Gasteiger partial charge >= 0.3 is 0 Å². The van der Waals surface area contributed by atoms with Crippen LogP contribution in [0.25, 0.3) is 0 Å². The Morgan fingerprint density at radius 1 is 1.32 bits per heavy atom. The van der Waals surface area contributed by atoms with Crippen molar-refractivity contribution in [3.05, 3.63) is 58.0 Å². The molecule has 0 fully saturated rings. The molecule has 2 heterocycles. The highest BCUT2D eigenvalue weighted by atomic mass is 16.5. The molecule has 2 atom stereocenters. The Hall–Kier alpha value is -2.78. The molecule has 0 saturated carbocycles. The van der Waals surface area contributed by atoms with E-state index in [0.29, 0.717) is 16.9 Å². The fourth-order valence-electron chi connectivity index (χ4n) is 3.20. The molecule has 1 aliphatic rings. The summed E-state index contributed by atoms with van der Waals surface area (Å²) in [6.07, 6.45) is 1.61. The number of aliphatic hydroxyl groups is 1. The van der Waals surface area contributed by atoms with Gasteiger partial charge in [-0.15, -0.1) is 0 Å². The first-order chi connectivity index (χ1) is 11.7. The molecular weight excluding hydrogens is 320 g/mol. The van der Waals surface area contributed by atoms with Crippen molar-refractivity contribution in [2.24, 2.45) is 0 Å².